The van der Waals surface area contributed by atoms with Gasteiger partial charge in [0.15, 0.2) is 0 Å². The SMILES string of the molecule is CCCCCCCCCCCCSC(CC(=O)O)C(=O)O.NCCc1c[nH]cn1. The molecule has 0 aliphatic carbocycles. The lowest BCUT2D eigenvalue weighted by Gasteiger charge is -2.09. The lowest BCUT2D eigenvalue weighted by Crippen LogP contribution is -2.20. The van der Waals surface area contributed by atoms with E-state index in [0.717, 1.165) is 30.7 Å². The van der Waals surface area contributed by atoms with Gasteiger partial charge in [-0.3, -0.25) is 9.59 Å². The number of hydrogen-bond donors (Lipinski definition) is 4. The molecule has 1 unspecified atom stereocenters. The third kappa shape index (κ3) is 18.2. The van der Waals surface area contributed by atoms with E-state index >= 15 is 0 Å². The van der Waals surface area contributed by atoms with Crippen molar-refractivity contribution in [2.75, 3.05) is 12.3 Å². The fourth-order valence-corrected chi connectivity index (χ4v) is 3.83. The van der Waals surface area contributed by atoms with Crippen LogP contribution in [0.1, 0.15) is 83.2 Å². The first-order chi connectivity index (χ1) is 14.0. The number of unbranched alkanes of at least 4 members (excludes halogenated alkanes) is 9. The van der Waals surface area contributed by atoms with Crippen LogP contribution in [0.4, 0.5) is 0 Å². The molecule has 1 aromatic heterocycles. The number of aromatic amines is 1. The Morgan fingerprint density at radius 1 is 1.07 bits per heavy atom. The van der Waals surface area contributed by atoms with Gasteiger partial charge in [0.25, 0.3) is 0 Å². The Bertz CT molecular complexity index is 512. The van der Waals surface area contributed by atoms with Gasteiger partial charge in [-0.25, -0.2) is 4.98 Å². The highest BCUT2D eigenvalue weighted by Crippen LogP contribution is 2.18. The molecule has 29 heavy (non-hydrogen) atoms. The van der Waals surface area contributed by atoms with Crippen LogP contribution in [-0.4, -0.2) is 49.7 Å². The monoisotopic (exact) mass is 429 g/mol. The van der Waals surface area contributed by atoms with Crippen molar-refractivity contribution in [1.29, 1.82) is 0 Å². The van der Waals surface area contributed by atoms with Crippen LogP contribution in [0.5, 0.6) is 0 Å². The minimum Gasteiger partial charge on any atom is -0.481 e. The number of carboxylic acids is 2. The predicted molar refractivity (Wildman–Crippen MR) is 119 cm³/mol. The van der Waals surface area contributed by atoms with Gasteiger partial charge in [-0.2, -0.15) is 0 Å². The molecule has 0 saturated heterocycles. The molecule has 0 aliphatic rings. The van der Waals surface area contributed by atoms with Gasteiger partial charge in [0.05, 0.1) is 18.4 Å². The number of rotatable bonds is 17. The summed E-state index contributed by atoms with van der Waals surface area (Å²) in [6.45, 7) is 2.90. The molecule has 1 heterocycles. The molecule has 0 amide bonds. The van der Waals surface area contributed by atoms with Crippen LogP contribution in [0.2, 0.25) is 0 Å². The molecule has 0 bridgehead atoms. The third-order valence-corrected chi connectivity index (χ3v) is 5.70. The maximum absolute atomic E-state index is 10.9. The number of hydrogen-bond acceptors (Lipinski definition) is 5. The van der Waals surface area contributed by atoms with E-state index in [1.54, 1.807) is 6.33 Å². The van der Waals surface area contributed by atoms with E-state index in [4.69, 9.17) is 15.9 Å². The Kier molecular flexibility index (Phi) is 18.7. The summed E-state index contributed by atoms with van der Waals surface area (Å²) in [6, 6.07) is 0. The Morgan fingerprint density at radius 2 is 1.66 bits per heavy atom. The quantitative estimate of drug-likeness (QED) is 0.269. The van der Waals surface area contributed by atoms with Crippen LogP contribution in [0.15, 0.2) is 12.5 Å². The number of nitrogens with one attached hydrogen (secondary N) is 1. The average molecular weight is 430 g/mol. The van der Waals surface area contributed by atoms with Crippen molar-refractivity contribution >= 4 is 23.7 Å². The van der Waals surface area contributed by atoms with Crippen molar-refractivity contribution < 1.29 is 19.8 Å². The van der Waals surface area contributed by atoms with Gasteiger partial charge in [0.2, 0.25) is 0 Å². The van der Waals surface area contributed by atoms with E-state index in [-0.39, 0.29) is 6.42 Å². The maximum Gasteiger partial charge on any atom is 0.317 e. The fraction of sp³-hybridized carbons (Fsp3) is 0.762. The smallest absolute Gasteiger partial charge is 0.317 e. The molecule has 1 atom stereocenters. The number of nitrogens with two attached hydrogens (primary N) is 1. The number of aliphatic carboxylic acids is 2. The van der Waals surface area contributed by atoms with Crippen LogP contribution in [0.25, 0.3) is 0 Å². The summed E-state index contributed by atoms with van der Waals surface area (Å²) in [5.41, 5.74) is 6.30. The number of nitrogens with zero attached hydrogens (tertiary/aromatic N) is 1. The van der Waals surface area contributed by atoms with Crippen molar-refractivity contribution in [3.8, 4) is 0 Å². The van der Waals surface area contributed by atoms with Gasteiger partial charge in [0.1, 0.15) is 5.25 Å². The van der Waals surface area contributed by atoms with Crippen molar-refractivity contribution in [2.45, 2.75) is 89.2 Å². The van der Waals surface area contributed by atoms with Gasteiger partial charge in [0, 0.05) is 12.6 Å². The van der Waals surface area contributed by atoms with Crippen LogP contribution < -0.4 is 5.73 Å². The van der Waals surface area contributed by atoms with E-state index in [1.165, 1.54) is 63.1 Å². The number of thioether (sulfide) groups is 1. The molecule has 7 nitrogen and oxygen atoms in total. The standard InChI is InChI=1S/C16H30O4S.C5H9N3/c1-2-3-4-5-6-7-8-9-10-11-12-21-14(16(19)20)13-15(17)18;6-2-1-5-3-7-4-8-5/h14H,2-13H2,1H3,(H,17,18)(H,19,20);3-4H,1-2,6H2,(H,7,8). The second-order valence-corrected chi connectivity index (χ2v) is 8.39. The lowest BCUT2D eigenvalue weighted by atomic mass is 10.1. The van der Waals surface area contributed by atoms with Gasteiger partial charge < -0.3 is 20.9 Å². The largest absolute Gasteiger partial charge is 0.481 e. The van der Waals surface area contributed by atoms with Crippen LogP contribution in [0.3, 0.4) is 0 Å². The zero-order valence-electron chi connectivity index (χ0n) is 17.8. The van der Waals surface area contributed by atoms with E-state index in [9.17, 15) is 9.59 Å². The molecule has 1 rings (SSSR count). The molecular formula is C21H39N3O4S. The molecule has 168 valence electrons. The second kappa shape index (κ2) is 19.8. The Labute approximate surface area is 179 Å². The lowest BCUT2D eigenvalue weighted by molar-refractivity contribution is -0.142. The van der Waals surface area contributed by atoms with Crippen molar-refractivity contribution in [1.82, 2.24) is 9.97 Å². The molecule has 8 heteroatoms. The number of carboxylic acid groups (broad SMARTS) is 2. The predicted octanol–water partition coefficient (Wildman–Crippen LogP) is 4.48. The second-order valence-electron chi connectivity index (χ2n) is 7.08. The Balaban J connectivity index is 0.000000807. The zero-order valence-corrected chi connectivity index (χ0v) is 18.6. The molecule has 5 N–H and O–H groups in total. The first kappa shape index (κ1) is 27.5. The van der Waals surface area contributed by atoms with Crippen LogP contribution >= 0.6 is 11.8 Å². The summed E-state index contributed by atoms with van der Waals surface area (Å²) in [7, 11) is 0. The molecule has 0 saturated carbocycles. The first-order valence-corrected chi connectivity index (χ1v) is 11.8. The fourth-order valence-electron chi connectivity index (χ4n) is 2.77. The number of carbonyl (C=O) groups is 2. The minimum absolute atomic E-state index is 0.294. The van der Waals surface area contributed by atoms with Gasteiger partial charge >= 0.3 is 11.9 Å². The highest BCUT2D eigenvalue weighted by atomic mass is 32.2. The number of imidazole rings is 1. The number of aromatic nitrogens is 2. The normalized spacial score (nSPS) is 11.5. The van der Waals surface area contributed by atoms with Gasteiger partial charge in [-0.1, -0.05) is 64.7 Å². The highest BCUT2D eigenvalue weighted by Gasteiger charge is 2.20. The Morgan fingerprint density at radius 3 is 2.10 bits per heavy atom. The van der Waals surface area contributed by atoms with Crippen LogP contribution in [-0.2, 0) is 16.0 Å². The van der Waals surface area contributed by atoms with Crippen molar-refractivity contribution in [2.24, 2.45) is 5.73 Å². The molecule has 0 aromatic carbocycles. The molecule has 1 aromatic rings. The summed E-state index contributed by atoms with van der Waals surface area (Å²) in [6.07, 6.45) is 16.6. The van der Waals surface area contributed by atoms with E-state index in [2.05, 4.69) is 16.9 Å². The average Bonchev–Trinajstić information content (AvgIpc) is 3.19. The summed E-state index contributed by atoms with van der Waals surface area (Å²) in [5.74, 6) is -1.33. The zero-order chi connectivity index (χ0) is 21.7. The highest BCUT2D eigenvalue weighted by molar-refractivity contribution is 8.00. The maximum atomic E-state index is 10.9. The Hall–Kier alpha value is -1.54. The summed E-state index contributed by atoms with van der Waals surface area (Å²) in [5, 5.41) is 16.7. The van der Waals surface area contributed by atoms with Gasteiger partial charge in [-0.15, -0.1) is 11.8 Å². The molecule has 0 aliphatic heterocycles. The molecular weight excluding hydrogens is 390 g/mol. The number of H-pyrrole nitrogens is 1. The topological polar surface area (TPSA) is 129 Å². The summed E-state index contributed by atoms with van der Waals surface area (Å²) >= 11 is 1.25. The van der Waals surface area contributed by atoms with Crippen molar-refractivity contribution in [3.63, 3.8) is 0 Å². The van der Waals surface area contributed by atoms with E-state index < -0.39 is 17.2 Å². The third-order valence-electron chi connectivity index (χ3n) is 4.41. The molecule has 0 fully saturated rings. The van der Waals surface area contributed by atoms with Gasteiger partial charge in [-0.05, 0) is 18.7 Å². The van der Waals surface area contributed by atoms with Crippen molar-refractivity contribution in [3.05, 3.63) is 18.2 Å². The first-order valence-electron chi connectivity index (χ1n) is 10.7. The summed E-state index contributed by atoms with van der Waals surface area (Å²) < 4.78 is 0. The van der Waals surface area contributed by atoms with Crippen LogP contribution in [0, 0.1) is 0 Å². The summed E-state index contributed by atoms with van der Waals surface area (Å²) in [4.78, 5) is 28.2. The van der Waals surface area contributed by atoms with E-state index in [1.807, 2.05) is 6.20 Å². The van der Waals surface area contributed by atoms with E-state index in [0.29, 0.717) is 6.54 Å². The molecule has 0 radical (unpaired) electrons. The molecule has 0 spiro atoms. The minimum atomic E-state index is -1.04.